The second-order valence-electron chi connectivity index (χ2n) is 7.46. The zero-order chi connectivity index (χ0) is 23.2. The molecule has 1 N–H and O–H groups in total. The molecule has 0 aliphatic carbocycles. The number of fused-ring (bicyclic) bond motifs is 2. The number of carbonyl (C=O) groups excluding carboxylic acids is 2. The fraction of sp³-hybridized carbons (Fsp3) is 0.333. The summed E-state index contributed by atoms with van der Waals surface area (Å²) in [7, 11) is 1.58. The summed E-state index contributed by atoms with van der Waals surface area (Å²) < 4.78 is 15.9. The van der Waals surface area contributed by atoms with Gasteiger partial charge in [0.05, 0.1) is 30.6 Å². The number of benzene rings is 2. The van der Waals surface area contributed by atoms with Crippen LogP contribution in [0.3, 0.4) is 0 Å². The summed E-state index contributed by atoms with van der Waals surface area (Å²) in [5, 5.41) is 3.73. The number of hydrogen-bond donors (Lipinski definition) is 1. The molecule has 0 fully saturated rings. The van der Waals surface area contributed by atoms with Gasteiger partial charge in [0.1, 0.15) is 24.7 Å². The quantitative estimate of drug-likeness (QED) is 0.390. The van der Waals surface area contributed by atoms with E-state index in [-0.39, 0.29) is 25.0 Å². The van der Waals surface area contributed by atoms with E-state index in [1.807, 2.05) is 41.3 Å². The van der Waals surface area contributed by atoms with Crippen molar-refractivity contribution in [2.75, 3.05) is 37.1 Å². The molecular weight excluding hydrogens is 424 g/mol. The van der Waals surface area contributed by atoms with Gasteiger partial charge in [0.25, 0.3) is 0 Å². The van der Waals surface area contributed by atoms with Crippen molar-refractivity contribution in [3.05, 3.63) is 48.3 Å². The van der Waals surface area contributed by atoms with Gasteiger partial charge in [-0.2, -0.15) is 0 Å². The lowest BCUT2D eigenvalue weighted by Crippen LogP contribution is -2.35. The maximum Gasteiger partial charge on any atom is 0.305 e. The number of para-hydroxylation sites is 1. The molecule has 2 aromatic carbocycles. The molecule has 1 aliphatic rings. The summed E-state index contributed by atoms with van der Waals surface area (Å²) in [4.78, 5) is 35.2. The first kappa shape index (κ1) is 22.5. The Labute approximate surface area is 191 Å². The summed E-state index contributed by atoms with van der Waals surface area (Å²) in [6.07, 6.45) is 0.863. The van der Waals surface area contributed by atoms with Crippen molar-refractivity contribution in [2.45, 2.75) is 26.4 Å². The Morgan fingerprint density at radius 3 is 2.85 bits per heavy atom. The second-order valence-corrected chi connectivity index (χ2v) is 7.46. The molecule has 0 saturated heterocycles. The van der Waals surface area contributed by atoms with Crippen LogP contribution in [-0.2, 0) is 25.7 Å². The van der Waals surface area contributed by atoms with Crippen LogP contribution >= 0.6 is 0 Å². The fourth-order valence-electron chi connectivity index (χ4n) is 3.68. The third-order valence-electron chi connectivity index (χ3n) is 5.16. The summed E-state index contributed by atoms with van der Waals surface area (Å²) >= 11 is 0. The smallest absolute Gasteiger partial charge is 0.305 e. The molecule has 0 saturated carbocycles. The molecule has 1 aliphatic heterocycles. The lowest BCUT2D eigenvalue weighted by molar-refractivity contribution is -0.143. The fourth-order valence-corrected chi connectivity index (χ4v) is 3.68. The summed E-state index contributed by atoms with van der Waals surface area (Å²) in [5.74, 6) is 1.41. The molecule has 0 radical (unpaired) electrons. The van der Waals surface area contributed by atoms with E-state index in [0.717, 1.165) is 16.6 Å². The highest BCUT2D eigenvalue weighted by Crippen LogP contribution is 2.38. The highest BCUT2D eigenvalue weighted by molar-refractivity contribution is 6.05. The molecule has 0 bridgehead atoms. The van der Waals surface area contributed by atoms with Crippen LogP contribution in [0.5, 0.6) is 5.75 Å². The number of nitrogens with one attached hydrogen (secondary N) is 1. The molecule has 2 heterocycles. The van der Waals surface area contributed by atoms with Crippen LogP contribution in [0.2, 0.25) is 0 Å². The number of methoxy groups -OCH3 is 1. The first-order valence-electron chi connectivity index (χ1n) is 10.8. The SMILES string of the molecule is CCOC(=O)CCCOCc1nc(N2CC(=O)Nc3cc(OC)ccc32)c2ccccc2n1. The highest BCUT2D eigenvalue weighted by atomic mass is 16.5. The maximum absolute atomic E-state index is 12.5. The number of amides is 1. The first-order chi connectivity index (χ1) is 16.1. The van der Waals surface area contributed by atoms with E-state index >= 15 is 0 Å². The molecule has 0 spiro atoms. The lowest BCUT2D eigenvalue weighted by Gasteiger charge is -2.31. The monoisotopic (exact) mass is 450 g/mol. The van der Waals surface area contributed by atoms with Crippen molar-refractivity contribution in [3.63, 3.8) is 0 Å². The molecule has 9 nitrogen and oxygen atoms in total. The van der Waals surface area contributed by atoms with Gasteiger partial charge in [0.2, 0.25) is 5.91 Å². The minimum atomic E-state index is -0.232. The molecule has 0 atom stereocenters. The number of carbonyl (C=O) groups is 2. The first-order valence-corrected chi connectivity index (χ1v) is 10.8. The van der Waals surface area contributed by atoms with Crippen LogP contribution in [0, 0.1) is 0 Å². The molecule has 3 aromatic rings. The van der Waals surface area contributed by atoms with Crippen molar-refractivity contribution >= 4 is 40.0 Å². The van der Waals surface area contributed by atoms with Crippen molar-refractivity contribution in [3.8, 4) is 5.75 Å². The molecule has 4 rings (SSSR count). The van der Waals surface area contributed by atoms with Gasteiger partial charge in [0.15, 0.2) is 5.82 Å². The Balaban J connectivity index is 1.59. The van der Waals surface area contributed by atoms with Crippen LogP contribution in [0.4, 0.5) is 17.2 Å². The van der Waals surface area contributed by atoms with Crippen LogP contribution in [-0.4, -0.2) is 48.7 Å². The Morgan fingerprint density at radius 2 is 2.03 bits per heavy atom. The van der Waals surface area contributed by atoms with E-state index in [1.54, 1.807) is 20.1 Å². The number of aromatic nitrogens is 2. The van der Waals surface area contributed by atoms with E-state index in [1.165, 1.54) is 0 Å². The van der Waals surface area contributed by atoms with Gasteiger partial charge in [-0.25, -0.2) is 9.97 Å². The molecule has 9 heteroatoms. The Morgan fingerprint density at radius 1 is 1.18 bits per heavy atom. The van der Waals surface area contributed by atoms with E-state index in [9.17, 15) is 9.59 Å². The number of esters is 1. The van der Waals surface area contributed by atoms with Gasteiger partial charge in [-0.05, 0) is 37.6 Å². The number of hydrogen-bond acceptors (Lipinski definition) is 8. The van der Waals surface area contributed by atoms with E-state index in [4.69, 9.17) is 19.2 Å². The Bertz CT molecular complexity index is 1170. The third-order valence-corrected chi connectivity index (χ3v) is 5.16. The maximum atomic E-state index is 12.5. The third kappa shape index (κ3) is 5.20. The topological polar surface area (TPSA) is 103 Å². The molecule has 33 heavy (non-hydrogen) atoms. The Kier molecular flexibility index (Phi) is 6.99. The van der Waals surface area contributed by atoms with Gasteiger partial charge in [0, 0.05) is 24.5 Å². The lowest BCUT2D eigenvalue weighted by atomic mass is 10.1. The molecule has 0 unspecified atom stereocenters. The van der Waals surface area contributed by atoms with Gasteiger partial charge in [-0.1, -0.05) is 12.1 Å². The predicted molar refractivity (Wildman–Crippen MR) is 124 cm³/mol. The Hall–Kier alpha value is -3.72. The van der Waals surface area contributed by atoms with Crippen LogP contribution < -0.4 is 15.0 Å². The minimum absolute atomic E-state index is 0.125. The van der Waals surface area contributed by atoms with Crippen LogP contribution in [0.1, 0.15) is 25.6 Å². The van der Waals surface area contributed by atoms with Gasteiger partial charge in [-0.15, -0.1) is 0 Å². The van der Waals surface area contributed by atoms with E-state index < -0.39 is 0 Å². The van der Waals surface area contributed by atoms with Crippen molar-refractivity contribution in [2.24, 2.45) is 0 Å². The largest absolute Gasteiger partial charge is 0.497 e. The number of anilines is 3. The minimum Gasteiger partial charge on any atom is -0.497 e. The number of rotatable bonds is 9. The second kappa shape index (κ2) is 10.3. The summed E-state index contributed by atoms with van der Waals surface area (Å²) in [6.45, 7) is 2.86. The van der Waals surface area contributed by atoms with Gasteiger partial charge < -0.3 is 24.4 Å². The highest BCUT2D eigenvalue weighted by Gasteiger charge is 2.26. The van der Waals surface area contributed by atoms with Crippen molar-refractivity contribution in [1.29, 1.82) is 0 Å². The van der Waals surface area contributed by atoms with Crippen molar-refractivity contribution in [1.82, 2.24) is 9.97 Å². The molecule has 1 aromatic heterocycles. The van der Waals surface area contributed by atoms with Gasteiger partial charge in [-0.3, -0.25) is 9.59 Å². The zero-order valence-electron chi connectivity index (χ0n) is 18.7. The zero-order valence-corrected chi connectivity index (χ0v) is 18.7. The number of nitrogens with zero attached hydrogens (tertiary/aromatic N) is 3. The average molecular weight is 450 g/mol. The standard InChI is InChI=1S/C24H26N4O5/c1-3-33-23(30)9-6-12-32-15-21-25-18-8-5-4-7-17(18)24(27-21)28-14-22(29)26-19-13-16(31-2)10-11-20(19)28/h4-5,7-8,10-11,13H,3,6,9,12,14-15H2,1-2H3,(H,26,29). The van der Waals surface area contributed by atoms with E-state index in [0.29, 0.717) is 49.1 Å². The molecular formula is C24H26N4O5. The normalized spacial score (nSPS) is 12.9. The average Bonchev–Trinajstić information content (AvgIpc) is 2.82. The van der Waals surface area contributed by atoms with Crippen molar-refractivity contribution < 1.29 is 23.8 Å². The summed E-state index contributed by atoms with van der Waals surface area (Å²) in [5.41, 5.74) is 2.24. The molecule has 1 amide bonds. The number of ether oxygens (including phenoxy) is 3. The van der Waals surface area contributed by atoms with Crippen LogP contribution in [0.25, 0.3) is 10.9 Å². The summed E-state index contributed by atoms with van der Waals surface area (Å²) in [6, 6.07) is 13.2. The molecule has 172 valence electrons. The van der Waals surface area contributed by atoms with E-state index in [2.05, 4.69) is 10.3 Å². The van der Waals surface area contributed by atoms with Crippen LogP contribution in [0.15, 0.2) is 42.5 Å². The van der Waals surface area contributed by atoms with Gasteiger partial charge >= 0.3 is 5.97 Å². The predicted octanol–water partition coefficient (Wildman–Crippen LogP) is 3.59.